The number of β-amino-alcohol motifs (C(OH)–C–C–N with tert-alkyl or cyclic N) is 1. The normalized spacial score (nSPS) is 20.4. The molecule has 0 aliphatic carbocycles. The number of aliphatic hydroxyl groups is 1. The van der Waals surface area contributed by atoms with Crippen molar-refractivity contribution in [2.45, 2.75) is 45.1 Å². The molecule has 2 atom stereocenters. The van der Waals surface area contributed by atoms with Crippen LogP contribution in [0.1, 0.15) is 26.6 Å². The molecule has 1 N–H and O–H groups in total. The second-order valence-electron chi connectivity index (χ2n) is 9.08. The van der Waals surface area contributed by atoms with E-state index in [1.807, 2.05) is 48.6 Å². The van der Waals surface area contributed by atoms with E-state index in [0.29, 0.717) is 35.9 Å². The minimum Gasteiger partial charge on any atom is -0.459 e. The number of carbonyl (C=O) groups excluding carboxylic acids is 1. The van der Waals surface area contributed by atoms with Crippen LogP contribution in [0.5, 0.6) is 0 Å². The van der Waals surface area contributed by atoms with Crippen LogP contribution in [-0.2, 0) is 23.1 Å². The number of ether oxygens (including phenoxy) is 1. The predicted octanol–water partition coefficient (Wildman–Crippen LogP) is 0.461. The van der Waals surface area contributed by atoms with Crippen molar-refractivity contribution in [2.75, 3.05) is 26.7 Å². The van der Waals surface area contributed by atoms with E-state index in [-0.39, 0.29) is 24.1 Å². The molecule has 0 amide bonds. The van der Waals surface area contributed by atoms with E-state index in [1.54, 1.807) is 7.05 Å². The van der Waals surface area contributed by atoms with Gasteiger partial charge in [-0.15, -0.1) is 21.5 Å². The number of hydrogen-bond acceptors (Lipinski definition) is 9. The van der Waals surface area contributed by atoms with Crippen LogP contribution in [0.15, 0.2) is 16.2 Å². The van der Waals surface area contributed by atoms with Gasteiger partial charge >= 0.3 is 5.97 Å². The van der Waals surface area contributed by atoms with Gasteiger partial charge < -0.3 is 9.84 Å². The standard InChI is InChI=1S/C20H28N6O4S/c1-20(2,3)30-16(28)11-23(4)13-8-25(9-14(13)27)10-15-21-22-19-24(5)18(29)17-12(26(15)19)6-7-31-17/h6-7,13-14,27H,8-11H2,1-5H3/t13-,14-/m1/s1. The lowest BCUT2D eigenvalue weighted by Gasteiger charge is -2.27. The van der Waals surface area contributed by atoms with Crippen molar-refractivity contribution in [3.63, 3.8) is 0 Å². The van der Waals surface area contributed by atoms with Gasteiger partial charge in [0, 0.05) is 26.2 Å². The van der Waals surface area contributed by atoms with Crippen LogP contribution in [0.2, 0.25) is 0 Å². The first-order valence-corrected chi connectivity index (χ1v) is 11.1. The Balaban J connectivity index is 1.51. The molecule has 4 rings (SSSR count). The SMILES string of the molecule is CN(CC(=O)OC(C)(C)C)[C@@H]1CN(Cc2nnc3n(C)c(=O)c4sccc4n23)C[C@H]1O. The van der Waals surface area contributed by atoms with Gasteiger partial charge in [-0.05, 0) is 39.3 Å². The van der Waals surface area contributed by atoms with Gasteiger partial charge in [-0.3, -0.25) is 28.4 Å². The molecule has 1 saturated heterocycles. The maximum atomic E-state index is 12.5. The van der Waals surface area contributed by atoms with Crippen molar-refractivity contribution in [1.82, 2.24) is 29.0 Å². The second kappa shape index (κ2) is 7.97. The van der Waals surface area contributed by atoms with Gasteiger partial charge in [0.25, 0.3) is 5.56 Å². The van der Waals surface area contributed by atoms with Gasteiger partial charge in [0.2, 0.25) is 5.78 Å². The molecule has 3 aromatic heterocycles. The van der Waals surface area contributed by atoms with E-state index in [4.69, 9.17) is 4.74 Å². The maximum Gasteiger partial charge on any atom is 0.320 e. The first-order chi connectivity index (χ1) is 14.5. The van der Waals surface area contributed by atoms with Crippen LogP contribution in [0.3, 0.4) is 0 Å². The van der Waals surface area contributed by atoms with Crippen LogP contribution >= 0.6 is 11.3 Å². The van der Waals surface area contributed by atoms with Crippen LogP contribution in [0.25, 0.3) is 16.0 Å². The van der Waals surface area contributed by atoms with E-state index in [0.717, 1.165) is 5.52 Å². The highest BCUT2D eigenvalue weighted by molar-refractivity contribution is 7.17. The molecule has 0 spiro atoms. The molecule has 0 bridgehead atoms. The number of fused-ring (bicyclic) bond motifs is 3. The number of nitrogens with zero attached hydrogens (tertiary/aromatic N) is 6. The molecule has 1 aliphatic rings. The van der Waals surface area contributed by atoms with E-state index in [2.05, 4.69) is 15.1 Å². The zero-order valence-corrected chi connectivity index (χ0v) is 19.2. The van der Waals surface area contributed by atoms with Gasteiger partial charge in [0.15, 0.2) is 5.82 Å². The van der Waals surface area contributed by atoms with E-state index < -0.39 is 11.7 Å². The fourth-order valence-electron chi connectivity index (χ4n) is 4.06. The first-order valence-electron chi connectivity index (χ1n) is 10.2. The van der Waals surface area contributed by atoms with Crippen LogP contribution in [-0.4, -0.2) is 84.5 Å². The Hall–Kier alpha value is -2.34. The van der Waals surface area contributed by atoms with Crippen LogP contribution < -0.4 is 5.56 Å². The van der Waals surface area contributed by atoms with Crippen molar-refractivity contribution in [3.05, 3.63) is 27.6 Å². The lowest BCUT2D eigenvalue weighted by Crippen LogP contribution is -2.44. The van der Waals surface area contributed by atoms with Gasteiger partial charge in [-0.2, -0.15) is 0 Å². The number of likely N-dealkylation sites (N-methyl/N-ethyl adjacent to an activating group) is 1. The molecular weight excluding hydrogens is 420 g/mol. The zero-order valence-electron chi connectivity index (χ0n) is 18.4. The van der Waals surface area contributed by atoms with Crippen molar-refractivity contribution >= 4 is 33.3 Å². The summed E-state index contributed by atoms with van der Waals surface area (Å²) in [6.45, 7) is 7.11. The largest absolute Gasteiger partial charge is 0.459 e. The summed E-state index contributed by atoms with van der Waals surface area (Å²) < 4.78 is 9.46. The van der Waals surface area contributed by atoms with Crippen molar-refractivity contribution < 1.29 is 14.6 Å². The van der Waals surface area contributed by atoms with E-state index in [9.17, 15) is 14.7 Å². The second-order valence-corrected chi connectivity index (χ2v) is 10.00. The molecule has 31 heavy (non-hydrogen) atoms. The predicted molar refractivity (Wildman–Crippen MR) is 117 cm³/mol. The summed E-state index contributed by atoms with van der Waals surface area (Å²) in [5.41, 5.74) is 0.165. The molecule has 3 aromatic rings. The zero-order chi connectivity index (χ0) is 22.5. The fraction of sp³-hybridized carbons (Fsp3) is 0.600. The van der Waals surface area contributed by atoms with Crippen LogP contribution in [0, 0.1) is 0 Å². The maximum absolute atomic E-state index is 12.5. The number of aromatic nitrogens is 4. The number of esters is 1. The number of likely N-dealkylation sites (tertiary alicyclic amines) is 1. The number of hydrogen-bond donors (Lipinski definition) is 1. The minimum atomic E-state index is -0.600. The Bertz CT molecular complexity index is 1180. The third-order valence-corrected chi connectivity index (χ3v) is 6.35. The van der Waals surface area contributed by atoms with Crippen molar-refractivity contribution in [3.8, 4) is 0 Å². The number of aliphatic hydroxyl groups excluding tert-OH is 1. The van der Waals surface area contributed by atoms with Gasteiger partial charge in [-0.25, -0.2) is 0 Å². The molecule has 1 fully saturated rings. The van der Waals surface area contributed by atoms with E-state index in [1.165, 1.54) is 15.9 Å². The summed E-state index contributed by atoms with van der Waals surface area (Å²) in [5, 5.41) is 21.0. The van der Waals surface area contributed by atoms with Crippen molar-refractivity contribution in [2.24, 2.45) is 7.05 Å². The summed E-state index contributed by atoms with van der Waals surface area (Å²) in [4.78, 5) is 28.6. The summed E-state index contributed by atoms with van der Waals surface area (Å²) >= 11 is 1.40. The average molecular weight is 449 g/mol. The molecule has 168 valence electrons. The third kappa shape index (κ3) is 4.22. The van der Waals surface area contributed by atoms with Crippen LogP contribution in [0.4, 0.5) is 0 Å². The summed E-state index contributed by atoms with van der Waals surface area (Å²) in [7, 11) is 3.51. The lowest BCUT2D eigenvalue weighted by molar-refractivity contribution is -0.156. The Morgan fingerprint density at radius 1 is 1.35 bits per heavy atom. The molecule has 0 radical (unpaired) electrons. The highest BCUT2D eigenvalue weighted by Crippen LogP contribution is 2.22. The topological polar surface area (TPSA) is 105 Å². The van der Waals surface area contributed by atoms with Gasteiger partial charge in [-0.1, -0.05) is 0 Å². The number of aryl methyl sites for hydroxylation is 1. The molecule has 11 heteroatoms. The molecule has 0 saturated carbocycles. The number of rotatable bonds is 5. The van der Waals surface area contributed by atoms with E-state index >= 15 is 0 Å². The summed E-state index contributed by atoms with van der Waals surface area (Å²) in [6, 6.07) is 1.70. The third-order valence-electron chi connectivity index (χ3n) is 5.46. The van der Waals surface area contributed by atoms with Gasteiger partial charge in [0.05, 0.1) is 24.7 Å². The minimum absolute atomic E-state index is 0.0862. The summed E-state index contributed by atoms with van der Waals surface area (Å²) in [6.07, 6.45) is -0.600. The summed E-state index contributed by atoms with van der Waals surface area (Å²) in [5.74, 6) is 0.880. The average Bonchev–Trinajstić information content (AvgIpc) is 3.36. The van der Waals surface area contributed by atoms with Crippen molar-refractivity contribution in [1.29, 1.82) is 0 Å². The molecule has 1 aliphatic heterocycles. The monoisotopic (exact) mass is 448 g/mol. The fourth-order valence-corrected chi connectivity index (χ4v) is 4.91. The Labute approximate surface area is 183 Å². The first kappa shape index (κ1) is 21.9. The molecule has 0 aromatic carbocycles. The number of carbonyl (C=O) groups is 1. The molecular formula is C20H28N6O4S. The number of thiophene rings is 1. The Kier molecular flexibility index (Phi) is 5.63. The highest BCUT2D eigenvalue weighted by atomic mass is 32.1. The molecule has 10 nitrogen and oxygen atoms in total. The molecule has 0 unspecified atom stereocenters. The quantitative estimate of drug-likeness (QED) is 0.562. The lowest BCUT2D eigenvalue weighted by atomic mass is 10.2. The molecule has 4 heterocycles. The Morgan fingerprint density at radius 2 is 2.10 bits per heavy atom. The van der Waals surface area contributed by atoms with Gasteiger partial charge in [0.1, 0.15) is 10.3 Å². The Morgan fingerprint density at radius 3 is 2.81 bits per heavy atom. The highest BCUT2D eigenvalue weighted by Gasteiger charge is 2.36. The smallest absolute Gasteiger partial charge is 0.320 e.